The number of nitrogens with two attached hydrogens (primary N) is 1. The van der Waals surface area contributed by atoms with Gasteiger partial charge in [-0.2, -0.15) is 5.10 Å². The van der Waals surface area contributed by atoms with Crippen molar-refractivity contribution in [3.8, 4) is 0 Å². The van der Waals surface area contributed by atoms with E-state index in [1.807, 2.05) is 0 Å². The van der Waals surface area contributed by atoms with Gasteiger partial charge in [-0.25, -0.2) is 4.68 Å². The van der Waals surface area contributed by atoms with Crippen LogP contribution < -0.4 is 16.6 Å². The fourth-order valence-corrected chi connectivity index (χ4v) is 2.48. The number of piperidine rings is 1. The molecule has 0 aliphatic carbocycles. The molecule has 0 radical (unpaired) electrons. The Balaban J connectivity index is 0.00000176. The van der Waals surface area contributed by atoms with Gasteiger partial charge in [0.2, 0.25) is 5.91 Å². The van der Waals surface area contributed by atoms with Gasteiger partial charge in [-0.15, -0.1) is 12.4 Å². The van der Waals surface area contributed by atoms with Gasteiger partial charge in [0.05, 0.1) is 11.6 Å². The van der Waals surface area contributed by atoms with E-state index in [0.29, 0.717) is 17.3 Å². The van der Waals surface area contributed by atoms with Gasteiger partial charge in [0.1, 0.15) is 6.04 Å². The summed E-state index contributed by atoms with van der Waals surface area (Å²) in [4.78, 5) is 35.5. The van der Waals surface area contributed by atoms with Gasteiger partial charge >= 0.3 is 0 Å². The van der Waals surface area contributed by atoms with E-state index in [4.69, 9.17) is 5.73 Å². The minimum absolute atomic E-state index is 0. The average molecular weight is 323 g/mol. The summed E-state index contributed by atoms with van der Waals surface area (Å²) in [6.45, 7) is 0.381. The molecule has 2 heterocycles. The van der Waals surface area contributed by atoms with Crippen molar-refractivity contribution in [2.45, 2.75) is 25.4 Å². The van der Waals surface area contributed by atoms with Crippen LogP contribution in [-0.4, -0.2) is 21.6 Å². The molecule has 1 saturated heterocycles. The molecule has 8 heteroatoms. The van der Waals surface area contributed by atoms with E-state index in [-0.39, 0.29) is 36.7 Å². The summed E-state index contributed by atoms with van der Waals surface area (Å²) in [7, 11) is 0. The van der Waals surface area contributed by atoms with E-state index >= 15 is 0 Å². The first-order chi connectivity index (χ1) is 10.1. The molecule has 22 heavy (non-hydrogen) atoms. The molecule has 1 aromatic carbocycles. The zero-order valence-corrected chi connectivity index (χ0v) is 12.4. The number of halogens is 1. The van der Waals surface area contributed by atoms with Crippen LogP contribution in [0.3, 0.4) is 0 Å². The Hall–Kier alpha value is -2.25. The second-order valence-electron chi connectivity index (χ2n) is 4.99. The summed E-state index contributed by atoms with van der Waals surface area (Å²) in [5.41, 5.74) is 6.13. The number of carbonyl (C=O) groups is 2. The van der Waals surface area contributed by atoms with Crippen LogP contribution in [0.2, 0.25) is 0 Å². The molecule has 1 fully saturated rings. The zero-order chi connectivity index (χ0) is 15.0. The fraction of sp³-hybridized carbons (Fsp3) is 0.286. The Labute approximate surface area is 131 Å². The minimum atomic E-state index is -0.742. The first-order valence-electron chi connectivity index (χ1n) is 6.64. The van der Waals surface area contributed by atoms with Crippen molar-refractivity contribution in [2.24, 2.45) is 5.73 Å². The normalized spacial score (nSPS) is 18.0. The highest BCUT2D eigenvalue weighted by molar-refractivity contribution is 5.99. The molecule has 3 N–H and O–H groups in total. The van der Waals surface area contributed by atoms with Crippen LogP contribution in [0, 0.1) is 0 Å². The standard InChI is InChI=1S/C14H14N4O3.ClH/c15-6-8-1-2-10-9(5-8)7-16-18(14(10)21)11-3-4-12(19)17-13(11)20;/h1-2,5,7,11H,3-4,6,15H2,(H,17,19,20);1H. The third kappa shape index (κ3) is 2.72. The fourth-order valence-electron chi connectivity index (χ4n) is 2.48. The largest absolute Gasteiger partial charge is 0.326 e. The maximum atomic E-state index is 12.5. The summed E-state index contributed by atoms with van der Waals surface area (Å²) in [6.07, 6.45) is 2.03. The average Bonchev–Trinajstić information content (AvgIpc) is 2.48. The van der Waals surface area contributed by atoms with Crippen LogP contribution in [-0.2, 0) is 16.1 Å². The van der Waals surface area contributed by atoms with Crippen molar-refractivity contribution >= 4 is 35.0 Å². The quantitative estimate of drug-likeness (QED) is 0.771. The van der Waals surface area contributed by atoms with Crippen molar-refractivity contribution in [1.29, 1.82) is 0 Å². The number of hydrogen-bond donors (Lipinski definition) is 2. The lowest BCUT2D eigenvalue weighted by Gasteiger charge is -2.21. The smallest absolute Gasteiger partial charge is 0.275 e. The third-order valence-corrected chi connectivity index (χ3v) is 3.62. The van der Waals surface area contributed by atoms with Crippen LogP contribution in [0.25, 0.3) is 10.8 Å². The lowest BCUT2D eigenvalue weighted by atomic mass is 10.1. The molecule has 2 aromatic rings. The van der Waals surface area contributed by atoms with E-state index in [0.717, 1.165) is 10.2 Å². The molecule has 3 rings (SSSR count). The number of nitrogens with one attached hydrogen (secondary N) is 1. The van der Waals surface area contributed by atoms with E-state index in [9.17, 15) is 14.4 Å². The molecule has 1 unspecified atom stereocenters. The highest BCUT2D eigenvalue weighted by Gasteiger charge is 2.29. The van der Waals surface area contributed by atoms with Crippen molar-refractivity contribution in [1.82, 2.24) is 15.1 Å². The Bertz CT molecular complexity index is 802. The monoisotopic (exact) mass is 322 g/mol. The summed E-state index contributed by atoms with van der Waals surface area (Å²) in [5, 5.41) is 7.46. The maximum absolute atomic E-state index is 12.5. The van der Waals surface area contributed by atoms with Crippen molar-refractivity contribution < 1.29 is 9.59 Å². The van der Waals surface area contributed by atoms with Gasteiger partial charge in [0, 0.05) is 18.4 Å². The Morgan fingerprint density at radius 1 is 1.32 bits per heavy atom. The second-order valence-corrected chi connectivity index (χ2v) is 4.99. The molecule has 1 atom stereocenters. The first kappa shape index (κ1) is 16.1. The van der Waals surface area contributed by atoms with Crippen LogP contribution in [0.1, 0.15) is 24.4 Å². The maximum Gasteiger partial charge on any atom is 0.275 e. The summed E-state index contributed by atoms with van der Waals surface area (Å²) in [5.74, 6) is -0.809. The van der Waals surface area contributed by atoms with Gasteiger partial charge in [-0.05, 0) is 24.1 Å². The van der Waals surface area contributed by atoms with Crippen LogP contribution in [0.4, 0.5) is 0 Å². The molecular weight excluding hydrogens is 308 g/mol. The van der Waals surface area contributed by atoms with Gasteiger partial charge in [-0.1, -0.05) is 6.07 Å². The molecule has 0 bridgehead atoms. The lowest BCUT2D eigenvalue weighted by Crippen LogP contribution is -2.45. The second kappa shape index (κ2) is 6.25. The van der Waals surface area contributed by atoms with Crippen LogP contribution in [0.5, 0.6) is 0 Å². The summed E-state index contributed by atoms with van der Waals surface area (Å²) < 4.78 is 1.15. The first-order valence-corrected chi connectivity index (χ1v) is 6.64. The number of carbonyl (C=O) groups excluding carboxylic acids is 2. The molecule has 7 nitrogen and oxygen atoms in total. The van der Waals surface area contributed by atoms with Gasteiger partial charge < -0.3 is 5.73 Å². The number of nitrogens with zero attached hydrogens (tertiary/aromatic N) is 2. The van der Waals surface area contributed by atoms with Crippen molar-refractivity contribution in [3.05, 3.63) is 40.3 Å². The number of hydrogen-bond acceptors (Lipinski definition) is 5. The molecule has 0 spiro atoms. The molecule has 0 saturated carbocycles. The minimum Gasteiger partial charge on any atom is -0.326 e. The number of aromatic nitrogens is 2. The SMILES string of the molecule is Cl.NCc1ccc2c(=O)n(C3CCC(=O)NC3=O)ncc2c1. The number of fused-ring (bicyclic) bond motifs is 1. The summed E-state index contributed by atoms with van der Waals surface area (Å²) >= 11 is 0. The molecule has 116 valence electrons. The molecular formula is C14H15ClN4O3. The Morgan fingerprint density at radius 3 is 2.77 bits per heavy atom. The topological polar surface area (TPSA) is 107 Å². The van der Waals surface area contributed by atoms with Crippen LogP contribution in [0.15, 0.2) is 29.2 Å². The predicted molar refractivity (Wildman–Crippen MR) is 82.6 cm³/mol. The van der Waals surface area contributed by atoms with Gasteiger partial charge in [0.25, 0.3) is 11.5 Å². The van der Waals surface area contributed by atoms with E-state index in [1.54, 1.807) is 24.4 Å². The Morgan fingerprint density at radius 2 is 2.09 bits per heavy atom. The van der Waals surface area contributed by atoms with Gasteiger partial charge in [-0.3, -0.25) is 19.7 Å². The van der Waals surface area contributed by atoms with Gasteiger partial charge in [0.15, 0.2) is 0 Å². The predicted octanol–water partition coefficient (Wildman–Crippen LogP) is 0.255. The molecule has 2 amide bonds. The summed E-state index contributed by atoms with van der Waals surface area (Å²) in [6, 6.07) is 4.52. The number of rotatable bonds is 2. The highest BCUT2D eigenvalue weighted by Crippen LogP contribution is 2.17. The van der Waals surface area contributed by atoms with E-state index in [2.05, 4.69) is 10.4 Å². The van der Waals surface area contributed by atoms with Crippen molar-refractivity contribution in [2.75, 3.05) is 0 Å². The highest BCUT2D eigenvalue weighted by atomic mass is 35.5. The van der Waals surface area contributed by atoms with Crippen LogP contribution >= 0.6 is 12.4 Å². The van der Waals surface area contributed by atoms with E-state index in [1.165, 1.54) is 0 Å². The molecule has 1 aromatic heterocycles. The zero-order valence-electron chi connectivity index (χ0n) is 11.6. The molecule has 1 aliphatic rings. The number of amides is 2. The van der Waals surface area contributed by atoms with Crippen molar-refractivity contribution in [3.63, 3.8) is 0 Å². The van der Waals surface area contributed by atoms with E-state index < -0.39 is 11.9 Å². The Kier molecular flexibility index (Phi) is 4.58. The third-order valence-electron chi connectivity index (χ3n) is 3.62. The number of imide groups is 1. The number of benzene rings is 1. The molecule has 1 aliphatic heterocycles. The lowest BCUT2D eigenvalue weighted by molar-refractivity contribution is -0.136.